The monoisotopic (exact) mass is 326 g/mol. The summed E-state index contributed by atoms with van der Waals surface area (Å²) in [6.07, 6.45) is 2.46. The summed E-state index contributed by atoms with van der Waals surface area (Å²) in [5, 5.41) is 2.93. The second-order valence-electron chi connectivity index (χ2n) is 6.00. The van der Waals surface area contributed by atoms with Gasteiger partial charge in [0.05, 0.1) is 12.2 Å². The van der Waals surface area contributed by atoms with Crippen molar-refractivity contribution in [3.05, 3.63) is 59.8 Å². The lowest BCUT2D eigenvalue weighted by atomic mass is 10.1. The maximum absolute atomic E-state index is 12.1. The van der Waals surface area contributed by atoms with Crippen molar-refractivity contribution >= 4 is 5.91 Å². The van der Waals surface area contributed by atoms with Gasteiger partial charge < -0.3 is 14.8 Å². The minimum absolute atomic E-state index is 0.0965. The first kappa shape index (κ1) is 16.5. The molecule has 2 heterocycles. The highest BCUT2D eigenvalue weighted by Gasteiger charge is 2.17. The van der Waals surface area contributed by atoms with Gasteiger partial charge in [-0.15, -0.1) is 0 Å². The van der Waals surface area contributed by atoms with E-state index in [9.17, 15) is 4.79 Å². The number of nitrogens with one attached hydrogen (secondary N) is 1. The third-order valence-electron chi connectivity index (χ3n) is 4.14. The number of carbonyl (C=O) groups excluding carboxylic acids is 1. The molecular formula is C19H22N2O3. The minimum Gasteiger partial charge on any atom is -0.470 e. The van der Waals surface area contributed by atoms with Gasteiger partial charge in [-0.05, 0) is 25.0 Å². The van der Waals surface area contributed by atoms with Crippen LogP contribution in [0.25, 0.3) is 0 Å². The molecule has 2 aromatic rings. The van der Waals surface area contributed by atoms with Crippen LogP contribution in [0.2, 0.25) is 0 Å². The predicted molar refractivity (Wildman–Crippen MR) is 91.0 cm³/mol. The molecule has 1 fully saturated rings. The fourth-order valence-corrected chi connectivity index (χ4v) is 2.64. The van der Waals surface area contributed by atoms with Crippen LogP contribution in [0.5, 0.6) is 5.88 Å². The Morgan fingerprint density at radius 3 is 2.83 bits per heavy atom. The molecule has 5 nitrogen and oxygen atoms in total. The van der Waals surface area contributed by atoms with Crippen LogP contribution in [0, 0.1) is 5.92 Å². The van der Waals surface area contributed by atoms with Crippen molar-refractivity contribution in [2.24, 2.45) is 5.92 Å². The van der Waals surface area contributed by atoms with Crippen LogP contribution >= 0.6 is 0 Å². The number of rotatable bonds is 6. The molecule has 126 valence electrons. The van der Waals surface area contributed by atoms with Crippen molar-refractivity contribution in [3.8, 4) is 5.88 Å². The first-order valence-electron chi connectivity index (χ1n) is 8.26. The van der Waals surface area contributed by atoms with Gasteiger partial charge in [0.1, 0.15) is 6.10 Å². The highest BCUT2D eigenvalue weighted by Crippen LogP contribution is 2.19. The van der Waals surface area contributed by atoms with Crippen LogP contribution in [0.3, 0.4) is 0 Å². The molecule has 1 saturated heterocycles. The number of aromatic nitrogens is 1. The van der Waals surface area contributed by atoms with E-state index in [1.54, 1.807) is 18.3 Å². The van der Waals surface area contributed by atoms with Crippen molar-refractivity contribution in [2.75, 3.05) is 19.8 Å². The molecule has 0 radical (unpaired) electrons. The van der Waals surface area contributed by atoms with Crippen molar-refractivity contribution in [2.45, 2.75) is 19.4 Å². The molecule has 1 N–H and O–H groups in total. The summed E-state index contributed by atoms with van der Waals surface area (Å²) < 4.78 is 11.1. The highest BCUT2D eigenvalue weighted by atomic mass is 16.5. The molecule has 24 heavy (non-hydrogen) atoms. The lowest BCUT2D eigenvalue weighted by Gasteiger charge is -2.14. The van der Waals surface area contributed by atoms with E-state index in [2.05, 4.69) is 10.3 Å². The maximum atomic E-state index is 12.1. The highest BCUT2D eigenvalue weighted by molar-refractivity contribution is 5.93. The lowest BCUT2D eigenvalue weighted by Crippen LogP contribution is -2.29. The molecular weight excluding hydrogens is 304 g/mol. The van der Waals surface area contributed by atoms with Gasteiger partial charge in [0.15, 0.2) is 0 Å². The van der Waals surface area contributed by atoms with E-state index in [4.69, 9.17) is 9.47 Å². The van der Waals surface area contributed by atoms with E-state index in [1.807, 2.05) is 37.3 Å². The zero-order chi connectivity index (χ0) is 16.8. The molecule has 0 saturated carbocycles. The standard InChI is InChI=1S/C19H22N2O3/c1-14(16-5-3-2-4-6-16)24-18-8-7-17(12-20-18)19(22)21-11-15-9-10-23-13-15/h2-8,12,14-15H,9-11,13H2,1H3,(H,21,22)/t14-,15+/m0/s1. The number of benzene rings is 1. The number of carbonyl (C=O) groups is 1. The second-order valence-corrected chi connectivity index (χ2v) is 6.00. The lowest BCUT2D eigenvalue weighted by molar-refractivity contribution is 0.0944. The Morgan fingerprint density at radius 1 is 1.33 bits per heavy atom. The van der Waals surface area contributed by atoms with E-state index in [0.29, 0.717) is 23.9 Å². The topological polar surface area (TPSA) is 60.5 Å². The molecule has 1 aromatic carbocycles. The first-order chi connectivity index (χ1) is 11.7. The Hall–Kier alpha value is -2.40. The summed E-state index contributed by atoms with van der Waals surface area (Å²) in [7, 11) is 0. The normalized spacial score (nSPS) is 18.1. The van der Waals surface area contributed by atoms with Gasteiger partial charge in [-0.25, -0.2) is 4.98 Å². The summed E-state index contributed by atoms with van der Waals surface area (Å²) in [5.74, 6) is 0.806. The van der Waals surface area contributed by atoms with Crippen molar-refractivity contribution in [3.63, 3.8) is 0 Å². The number of pyridine rings is 1. The molecule has 0 bridgehead atoms. The molecule has 3 rings (SSSR count). The van der Waals surface area contributed by atoms with Gasteiger partial charge in [0.2, 0.25) is 5.88 Å². The van der Waals surface area contributed by atoms with Gasteiger partial charge in [-0.3, -0.25) is 4.79 Å². The van der Waals surface area contributed by atoms with Crippen LogP contribution in [0.4, 0.5) is 0 Å². The molecule has 0 unspecified atom stereocenters. The van der Waals surface area contributed by atoms with Crippen LogP contribution < -0.4 is 10.1 Å². The summed E-state index contributed by atoms with van der Waals surface area (Å²) in [4.78, 5) is 16.4. The van der Waals surface area contributed by atoms with Crippen molar-refractivity contribution in [1.82, 2.24) is 10.3 Å². The zero-order valence-electron chi connectivity index (χ0n) is 13.8. The summed E-state index contributed by atoms with van der Waals surface area (Å²) in [6.45, 7) is 4.12. The average molecular weight is 326 g/mol. The van der Waals surface area contributed by atoms with E-state index in [-0.39, 0.29) is 12.0 Å². The molecule has 5 heteroatoms. The van der Waals surface area contributed by atoms with Gasteiger partial charge in [-0.1, -0.05) is 30.3 Å². The van der Waals surface area contributed by atoms with E-state index in [0.717, 1.165) is 25.2 Å². The molecule has 0 spiro atoms. The van der Waals surface area contributed by atoms with Gasteiger partial charge in [-0.2, -0.15) is 0 Å². The Labute approximate surface area is 142 Å². The third kappa shape index (κ3) is 4.32. The van der Waals surface area contributed by atoms with Crippen LogP contribution in [0.15, 0.2) is 48.7 Å². The number of hydrogen-bond donors (Lipinski definition) is 1. The van der Waals surface area contributed by atoms with Gasteiger partial charge in [0, 0.05) is 31.3 Å². The smallest absolute Gasteiger partial charge is 0.252 e. The SMILES string of the molecule is C[C@H](Oc1ccc(C(=O)NC[C@H]2CCOC2)cn1)c1ccccc1. The van der Waals surface area contributed by atoms with E-state index < -0.39 is 0 Å². The zero-order valence-corrected chi connectivity index (χ0v) is 13.8. The van der Waals surface area contributed by atoms with E-state index >= 15 is 0 Å². The van der Waals surface area contributed by atoms with Gasteiger partial charge >= 0.3 is 0 Å². The minimum atomic E-state index is -0.114. The quantitative estimate of drug-likeness (QED) is 0.886. The van der Waals surface area contributed by atoms with Gasteiger partial charge in [0.25, 0.3) is 5.91 Å². The average Bonchev–Trinajstić information content (AvgIpc) is 3.14. The molecule has 1 aliphatic rings. The molecule has 1 aromatic heterocycles. The number of hydrogen-bond acceptors (Lipinski definition) is 4. The summed E-state index contributed by atoms with van der Waals surface area (Å²) in [5.41, 5.74) is 1.62. The van der Waals surface area contributed by atoms with Crippen molar-refractivity contribution in [1.29, 1.82) is 0 Å². The van der Waals surface area contributed by atoms with E-state index in [1.165, 1.54) is 0 Å². The Bertz CT molecular complexity index is 652. The number of nitrogens with zero attached hydrogens (tertiary/aromatic N) is 1. The molecule has 1 aliphatic heterocycles. The van der Waals surface area contributed by atoms with Crippen molar-refractivity contribution < 1.29 is 14.3 Å². The Morgan fingerprint density at radius 2 is 2.17 bits per heavy atom. The summed E-state index contributed by atoms with van der Waals surface area (Å²) >= 11 is 0. The largest absolute Gasteiger partial charge is 0.470 e. The molecule has 1 amide bonds. The fraction of sp³-hybridized carbons (Fsp3) is 0.368. The third-order valence-corrected chi connectivity index (χ3v) is 4.14. The van der Waals surface area contributed by atoms with Crippen LogP contribution in [-0.4, -0.2) is 30.6 Å². The fourth-order valence-electron chi connectivity index (χ4n) is 2.64. The predicted octanol–water partition coefficient (Wildman–Crippen LogP) is 2.99. The van der Waals surface area contributed by atoms with Crippen LogP contribution in [-0.2, 0) is 4.74 Å². The Balaban J connectivity index is 1.53. The maximum Gasteiger partial charge on any atom is 0.252 e. The second kappa shape index (κ2) is 7.93. The first-order valence-corrected chi connectivity index (χ1v) is 8.26. The Kier molecular flexibility index (Phi) is 5.43. The number of amides is 1. The van der Waals surface area contributed by atoms with Crippen LogP contribution in [0.1, 0.15) is 35.4 Å². The number of ether oxygens (including phenoxy) is 2. The molecule has 0 aliphatic carbocycles. The molecule has 2 atom stereocenters. The summed E-state index contributed by atoms with van der Waals surface area (Å²) in [6, 6.07) is 13.4.